The second kappa shape index (κ2) is 11.1. The van der Waals surface area contributed by atoms with Crippen LogP contribution in [0.3, 0.4) is 0 Å². The van der Waals surface area contributed by atoms with Gasteiger partial charge in [0.25, 0.3) is 0 Å². The first-order valence-corrected chi connectivity index (χ1v) is 7.96. The Morgan fingerprint density at radius 2 is 1.28 bits per heavy atom. The van der Waals surface area contributed by atoms with Crippen LogP contribution in [0.25, 0.3) is 0 Å². The maximum atomic E-state index is 11.5. The number of ether oxygens (including phenoxy) is 2. The Bertz CT molecular complexity index is 252. The molecule has 0 amide bonds. The van der Waals surface area contributed by atoms with Crippen molar-refractivity contribution in [1.29, 1.82) is 0 Å². The van der Waals surface area contributed by atoms with Gasteiger partial charge >= 0.3 is 19.7 Å². The smallest absolute Gasteiger partial charge is 0.339 e. The zero-order valence-corrected chi connectivity index (χ0v) is 12.0. The summed E-state index contributed by atoms with van der Waals surface area (Å²) in [6.45, 7) is 4.63. The van der Waals surface area contributed by atoms with E-state index in [2.05, 4.69) is 0 Å². The van der Waals surface area contributed by atoms with Gasteiger partial charge in [0.1, 0.15) is 0 Å². The van der Waals surface area contributed by atoms with Crippen molar-refractivity contribution in [3.05, 3.63) is 0 Å². The van der Waals surface area contributed by atoms with Crippen molar-refractivity contribution in [2.75, 3.05) is 25.5 Å². The Labute approximate surface area is 109 Å². The van der Waals surface area contributed by atoms with Crippen LogP contribution in [0.5, 0.6) is 0 Å². The van der Waals surface area contributed by atoms with Crippen LogP contribution >= 0.6 is 7.80 Å². The maximum absolute atomic E-state index is 11.5. The zero-order chi connectivity index (χ0) is 13.8. The fraction of sp³-hybridized carbons (Fsp3) is 0.833. The molecular weight excluding hydrogens is 255 g/mol. The summed E-state index contributed by atoms with van der Waals surface area (Å²) in [6.07, 6.45) is 2.42. The Morgan fingerprint density at radius 1 is 0.889 bits per heavy atom. The Balaban J connectivity index is 3.59. The lowest BCUT2D eigenvalue weighted by molar-refractivity contribution is -0.143. The number of hydrogen-bond donors (Lipinski definition) is 0. The van der Waals surface area contributed by atoms with Gasteiger partial charge in [0.2, 0.25) is 0 Å². The predicted octanol–water partition coefficient (Wildman–Crippen LogP) is 2.50. The van der Waals surface area contributed by atoms with Gasteiger partial charge < -0.3 is 9.47 Å². The van der Waals surface area contributed by atoms with E-state index in [-0.39, 0.29) is 37.1 Å². The van der Waals surface area contributed by atoms with E-state index in [9.17, 15) is 14.2 Å². The van der Waals surface area contributed by atoms with E-state index >= 15 is 0 Å². The van der Waals surface area contributed by atoms with Crippen LogP contribution in [0.15, 0.2) is 0 Å². The summed E-state index contributed by atoms with van der Waals surface area (Å²) in [7, 11) is -1.53. The molecule has 0 radical (unpaired) electrons. The highest BCUT2D eigenvalue weighted by molar-refractivity contribution is 7.44. The van der Waals surface area contributed by atoms with Gasteiger partial charge in [-0.2, -0.15) is 0 Å². The summed E-state index contributed by atoms with van der Waals surface area (Å²) in [5, 5.41) is 0. The van der Waals surface area contributed by atoms with Crippen LogP contribution in [0.2, 0.25) is 0 Å². The standard InChI is InChI=1S/C12H22O5P/c1-3-7-16-11(13)5-9-18(15)10-6-12(14)17-8-4-2/h3-10H2,1-2H3/q+1. The fourth-order valence-corrected chi connectivity index (χ4v) is 2.21. The Kier molecular flexibility index (Phi) is 10.6. The number of carbonyl (C=O) groups excluding carboxylic acids is 2. The fourth-order valence-electron chi connectivity index (χ4n) is 1.12. The first kappa shape index (κ1) is 17.0. The highest BCUT2D eigenvalue weighted by Gasteiger charge is 2.20. The van der Waals surface area contributed by atoms with E-state index in [4.69, 9.17) is 9.47 Å². The number of esters is 2. The number of rotatable bonds is 10. The van der Waals surface area contributed by atoms with E-state index in [1.165, 1.54) is 0 Å². The highest BCUT2D eigenvalue weighted by atomic mass is 31.1. The molecule has 0 heterocycles. The molecule has 0 rings (SSSR count). The van der Waals surface area contributed by atoms with Crippen molar-refractivity contribution in [3.63, 3.8) is 0 Å². The van der Waals surface area contributed by atoms with Crippen molar-refractivity contribution < 1.29 is 23.6 Å². The molecule has 0 saturated carbocycles. The van der Waals surface area contributed by atoms with Gasteiger partial charge in [-0.05, 0) is 12.8 Å². The average molecular weight is 277 g/mol. The molecule has 0 atom stereocenters. The summed E-state index contributed by atoms with van der Waals surface area (Å²) >= 11 is 0. The number of hydrogen-bond acceptors (Lipinski definition) is 5. The van der Waals surface area contributed by atoms with Gasteiger partial charge in [-0.1, -0.05) is 18.4 Å². The quantitative estimate of drug-likeness (QED) is 0.453. The summed E-state index contributed by atoms with van der Waals surface area (Å²) in [5.41, 5.74) is 0. The first-order valence-electron chi connectivity index (χ1n) is 6.33. The van der Waals surface area contributed by atoms with Crippen LogP contribution in [0.4, 0.5) is 0 Å². The molecule has 0 saturated heterocycles. The van der Waals surface area contributed by atoms with Crippen LogP contribution in [-0.4, -0.2) is 37.5 Å². The molecule has 0 aliphatic carbocycles. The molecule has 0 N–H and O–H groups in total. The Hall–Kier alpha value is -0.960. The monoisotopic (exact) mass is 277 g/mol. The molecule has 5 nitrogen and oxygen atoms in total. The van der Waals surface area contributed by atoms with Gasteiger partial charge in [0, 0.05) is 0 Å². The third-order valence-electron chi connectivity index (χ3n) is 2.07. The molecule has 0 spiro atoms. The summed E-state index contributed by atoms with van der Waals surface area (Å²) in [5.74, 6) is -0.650. The lowest BCUT2D eigenvalue weighted by atomic mass is 10.5. The van der Waals surface area contributed by atoms with Gasteiger partial charge in [0.05, 0.1) is 26.1 Å². The molecule has 0 aromatic heterocycles. The van der Waals surface area contributed by atoms with Crippen molar-refractivity contribution in [2.45, 2.75) is 39.5 Å². The molecule has 0 aromatic rings. The third-order valence-corrected chi connectivity index (χ3v) is 3.51. The average Bonchev–Trinajstić information content (AvgIpc) is 2.37. The van der Waals surface area contributed by atoms with Crippen molar-refractivity contribution in [3.8, 4) is 0 Å². The van der Waals surface area contributed by atoms with Crippen LogP contribution < -0.4 is 0 Å². The minimum Gasteiger partial charge on any atom is -0.466 e. The molecule has 0 aromatic carbocycles. The second-order valence-corrected chi connectivity index (χ2v) is 5.73. The third kappa shape index (κ3) is 10.2. The number of carbonyl (C=O) groups is 2. The summed E-state index contributed by atoms with van der Waals surface area (Å²) in [6, 6.07) is 0. The van der Waals surface area contributed by atoms with E-state index in [0.717, 1.165) is 12.8 Å². The molecule has 0 fully saturated rings. The molecule has 0 aliphatic heterocycles. The van der Waals surface area contributed by atoms with Crippen LogP contribution in [0.1, 0.15) is 39.5 Å². The molecular formula is C12H22O5P+. The first-order chi connectivity index (χ1) is 8.60. The topological polar surface area (TPSA) is 69.7 Å². The molecule has 0 unspecified atom stereocenters. The van der Waals surface area contributed by atoms with Gasteiger partial charge in [0.15, 0.2) is 12.3 Å². The van der Waals surface area contributed by atoms with Crippen LogP contribution in [0, 0.1) is 0 Å². The SMILES string of the molecule is CCCOC(=O)CC[P+](=O)CCC(=O)OCCC. The minimum absolute atomic E-state index is 0.152. The maximum Gasteiger partial charge on any atom is 0.339 e. The minimum atomic E-state index is -1.53. The van der Waals surface area contributed by atoms with Crippen molar-refractivity contribution in [2.24, 2.45) is 0 Å². The predicted molar refractivity (Wildman–Crippen MR) is 69.1 cm³/mol. The molecule has 18 heavy (non-hydrogen) atoms. The van der Waals surface area contributed by atoms with Gasteiger partial charge in [-0.3, -0.25) is 9.59 Å². The van der Waals surface area contributed by atoms with E-state index in [0.29, 0.717) is 13.2 Å². The normalized spacial score (nSPS) is 9.89. The molecule has 104 valence electrons. The van der Waals surface area contributed by atoms with E-state index in [1.54, 1.807) is 0 Å². The molecule has 6 heteroatoms. The van der Waals surface area contributed by atoms with Crippen molar-refractivity contribution >= 4 is 19.7 Å². The largest absolute Gasteiger partial charge is 0.466 e. The Morgan fingerprint density at radius 3 is 1.61 bits per heavy atom. The van der Waals surface area contributed by atoms with Crippen molar-refractivity contribution in [1.82, 2.24) is 0 Å². The van der Waals surface area contributed by atoms with E-state index < -0.39 is 7.80 Å². The van der Waals surface area contributed by atoms with Gasteiger partial charge in [-0.25, -0.2) is 0 Å². The van der Waals surface area contributed by atoms with Crippen LogP contribution in [-0.2, 0) is 23.6 Å². The molecule has 0 bridgehead atoms. The van der Waals surface area contributed by atoms with Gasteiger partial charge in [-0.15, -0.1) is 0 Å². The highest BCUT2D eigenvalue weighted by Crippen LogP contribution is 2.22. The van der Waals surface area contributed by atoms with E-state index in [1.807, 2.05) is 13.8 Å². The lowest BCUT2D eigenvalue weighted by Gasteiger charge is -2.00. The molecule has 0 aliphatic rings. The zero-order valence-electron chi connectivity index (χ0n) is 11.1. The second-order valence-electron chi connectivity index (χ2n) is 3.87. The summed E-state index contributed by atoms with van der Waals surface area (Å²) in [4.78, 5) is 22.3. The lowest BCUT2D eigenvalue weighted by Crippen LogP contribution is -2.08. The summed E-state index contributed by atoms with van der Waals surface area (Å²) < 4.78 is 21.3.